The quantitative estimate of drug-likeness (QED) is 0.755. The molecule has 0 amide bonds. The fraction of sp³-hybridized carbons (Fsp3) is 0.476. The third kappa shape index (κ3) is 4.59. The fourth-order valence-electron chi connectivity index (χ4n) is 3.94. The van der Waals surface area contributed by atoms with Crippen LogP contribution < -0.4 is 10.1 Å². The Morgan fingerprint density at radius 2 is 1.80 bits per heavy atom. The first kappa shape index (κ1) is 21.0. The first-order valence-corrected chi connectivity index (χ1v) is 11.6. The minimum Gasteiger partial charge on any atom is -0.497 e. The second-order valence-electron chi connectivity index (χ2n) is 7.64. The van der Waals surface area contributed by atoms with Crippen LogP contribution in [-0.4, -0.2) is 68.5 Å². The molecule has 1 unspecified atom stereocenters. The highest BCUT2D eigenvalue weighted by molar-refractivity contribution is 7.86. The summed E-state index contributed by atoms with van der Waals surface area (Å²) in [5.41, 5.74) is 3.72. The van der Waals surface area contributed by atoms with Crippen LogP contribution in [0.5, 0.6) is 5.75 Å². The summed E-state index contributed by atoms with van der Waals surface area (Å²) in [7, 11) is -1.80. The number of aromatic nitrogens is 1. The van der Waals surface area contributed by atoms with E-state index < -0.39 is 10.2 Å². The second kappa shape index (κ2) is 8.89. The minimum absolute atomic E-state index is 0.0807. The van der Waals surface area contributed by atoms with Gasteiger partial charge in [-0.1, -0.05) is 0 Å². The van der Waals surface area contributed by atoms with Crippen molar-refractivity contribution in [1.29, 1.82) is 0 Å². The molecule has 0 aliphatic carbocycles. The van der Waals surface area contributed by atoms with Crippen LogP contribution in [0.4, 0.5) is 11.4 Å². The maximum absolute atomic E-state index is 12.9. The van der Waals surface area contributed by atoms with E-state index in [9.17, 15) is 8.42 Å². The van der Waals surface area contributed by atoms with Crippen LogP contribution in [-0.2, 0) is 14.9 Å². The number of benzene rings is 1. The molecule has 1 aromatic heterocycles. The average molecular weight is 433 g/mol. The van der Waals surface area contributed by atoms with Gasteiger partial charge in [0, 0.05) is 54.9 Å². The van der Waals surface area contributed by atoms with E-state index in [0.29, 0.717) is 39.4 Å². The molecule has 2 aliphatic heterocycles. The molecule has 0 radical (unpaired) electrons. The van der Waals surface area contributed by atoms with Crippen molar-refractivity contribution in [2.45, 2.75) is 19.3 Å². The molecular formula is C21H28N4O4S. The number of hydrogen-bond acceptors (Lipinski definition) is 6. The Bertz CT molecular complexity index is 975. The van der Waals surface area contributed by atoms with Crippen LogP contribution in [0.1, 0.15) is 23.7 Å². The van der Waals surface area contributed by atoms with Gasteiger partial charge in [-0.2, -0.15) is 17.0 Å². The third-order valence-electron chi connectivity index (χ3n) is 5.54. The predicted molar refractivity (Wildman–Crippen MR) is 115 cm³/mol. The molecule has 1 aromatic carbocycles. The fourth-order valence-corrected chi connectivity index (χ4v) is 5.58. The number of morpholine rings is 1. The average Bonchev–Trinajstić information content (AvgIpc) is 3.26. The van der Waals surface area contributed by atoms with E-state index in [0.717, 1.165) is 34.9 Å². The first-order chi connectivity index (χ1) is 14.5. The van der Waals surface area contributed by atoms with Gasteiger partial charge in [0.1, 0.15) is 5.75 Å². The SMILES string of the molecule is COc1ccc(Nc2cc(C)nc(C3CCN(S(=O)(=O)N4CCOCC4)C3)c2)cc1. The summed E-state index contributed by atoms with van der Waals surface area (Å²) < 4.78 is 39.5. The maximum Gasteiger partial charge on any atom is 0.282 e. The number of methoxy groups -OCH3 is 1. The lowest BCUT2D eigenvalue weighted by molar-refractivity contribution is 0.0705. The van der Waals surface area contributed by atoms with Gasteiger partial charge in [-0.05, 0) is 49.7 Å². The molecular weight excluding hydrogens is 404 g/mol. The molecule has 9 heteroatoms. The molecule has 8 nitrogen and oxygen atoms in total. The summed E-state index contributed by atoms with van der Waals surface area (Å²) in [5, 5.41) is 3.40. The highest BCUT2D eigenvalue weighted by Gasteiger charge is 2.37. The Morgan fingerprint density at radius 1 is 1.07 bits per heavy atom. The van der Waals surface area contributed by atoms with Crippen LogP contribution in [0.15, 0.2) is 36.4 Å². The highest BCUT2D eigenvalue weighted by Crippen LogP contribution is 2.31. The van der Waals surface area contributed by atoms with Gasteiger partial charge >= 0.3 is 0 Å². The van der Waals surface area contributed by atoms with Crippen molar-refractivity contribution in [2.75, 3.05) is 51.8 Å². The largest absolute Gasteiger partial charge is 0.497 e. The Labute approximate surface area is 178 Å². The van der Waals surface area contributed by atoms with E-state index in [-0.39, 0.29) is 5.92 Å². The van der Waals surface area contributed by atoms with Crippen molar-refractivity contribution in [3.8, 4) is 5.75 Å². The number of pyridine rings is 1. The van der Waals surface area contributed by atoms with Crippen molar-refractivity contribution in [3.05, 3.63) is 47.8 Å². The van der Waals surface area contributed by atoms with Gasteiger partial charge in [0.25, 0.3) is 10.2 Å². The second-order valence-corrected chi connectivity index (χ2v) is 9.57. The third-order valence-corrected chi connectivity index (χ3v) is 7.55. The smallest absolute Gasteiger partial charge is 0.282 e. The molecule has 4 rings (SSSR count). The lowest BCUT2D eigenvalue weighted by Gasteiger charge is -2.30. The molecule has 2 fully saturated rings. The summed E-state index contributed by atoms with van der Waals surface area (Å²) in [6, 6.07) is 11.7. The van der Waals surface area contributed by atoms with E-state index in [1.165, 1.54) is 4.31 Å². The topological polar surface area (TPSA) is 84.0 Å². The Kier molecular flexibility index (Phi) is 6.24. The van der Waals surface area contributed by atoms with E-state index in [4.69, 9.17) is 14.5 Å². The first-order valence-electron chi connectivity index (χ1n) is 10.2. The standard InChI is InChI=1S/C21H28N4O4S/c1-16-13-19(23-18-3-5-20(28-2)6-4-18)14-21(22-16)17-7-8-25(15-17)30(26,27)24-9-11-29-12-10-24/h3-6,13-14,17H,7-12,15H2,1-2H3,(H,22,23). The van der Waals surface area contributed by atoms with Crippen LogP contribution in [0, 0.1) is 6.92 Å². The van der Waals surface area contributed by atoms with Gasteiger partial charge in [0.2, 0.25) is 0 Å². The van der Waals surface area contributed by atoms with Crippen molar-refractivity contribution >= 4 is 21.6 Å². The number of nitrogens with zero attached hydrogens (tertiary/aromatic N) is 3. The maximum atomic E-state index is 12.9. The summed E-state index contributed by atoms with van der Waals surface area (Å²) >= 11 is 0. The number of ether oxygens (including phenoxy) is 2. The van der Waals surface area contributed by atoms with Gasteiger partial charge in [0.15, 0.2) is 0 Å². The number of rotatable bonds is 6. The van der Waals surface area contributed by atoms with Crippen molar-refractivity contribution < 1.29 is 17.9 Å². The molecule has 162 valence electrons. The van der Waals surface area contributed by atoms with Crippen molar-refractivity contribution in [1.82, 2.24) is 13.6 Å². The number of nitrogens with one attached hydrogen (secondary N) is 1. The molecule has 0 bridgehead atoms. The van der Waals surface area contributed by atoms with Crippen molar-refractivity contribution in [2.24, 2.45) is 0 Å². The predicted octanol–water partition coefficient (Wildman–Crippen LogP) is 2.51. The molecule has 1 N–H and O–H groups in total. The summed E-state index contributed by atoms with van der Waals surface area (Å²) in [5.74, 6) is 0.886. The molecule has 2 aliphatic rings. The summed E-state index contributed by atoms with van der Waals surface area (Å²) in [4.78, 5) is 4.70. The molecule has 30 heavy (non-hydrogen) atoms. The van der Waals surface area contributed by atoms with Gasteiger partial charge in [-0.25, -0.2) is 0 Å². The van der Waals surface area contributed by atoms with E-state index in [1.54, 1.807) is 11.4 Å². The van der Waals surface area contributed by atoms with Crippen LogP contribution in [0.2, 0.25) is 0 Å². The number of anilines is 2. The van der Waals surface area contributed by atoms with Gasteiger partial charge < -0.3 is 14.8 Å². The molecule has 1 atom stereocenters. The lowest BCUT2D eigenvalue weighted by atomic mass is 10.0. The zero-order valence-corrected chi connectivity index (χ0v) is 18.2. The van der Waals surface area contributed by atoms with Gasteiger partial charge in [-0.15, -0.1) is 0 Å². The van der Waals surface area contributed by atoms with Gasteiger partial charge in [0.05, 0.1) is 20.3 Å². The molecule has 0 spiro atoms. The number of aryl methyl sites for hydroxylation is 1. The molecule has 3 heterocycles. The monoisotopic (exact) mass is 432 g/mol. The van der Waals surface area contributed by atoms with Gasteiger partial charge in [-0.3, -0.25) is 4.98 Å². The van der Waals surface area contributed by atoms with Crippen molar-refractivity contribution in [3.63, 3.8) is 0 Å². The summed E-state index contributed by atoms with van der Waals surface area (Å²) in [6.45, 7) is 4.68. The molecule has 2 aromatic rings. The molecule has 0 saturated carbocycles. The lowest BCUT2D eigenvalue weighted by Crippen LogP contribution is -2.47. The summed E-state index contributed by atoms with van der Waals surface area (Å²) in [6.07, 6.45) is 0.766. The van der Waals surface area contributed by atoms with E-state index in [1.807, 2.05) is 43.3 Å². The van der Waals surface area contributed by atoms with Crippen LogP contribution in [0.25, 0.3) is 0 Å². The Morgan fingerprint density at radius 3 is 2.50 bits per heavy atom. The van der Waals surface area contributed by atoms with Crippen LogP contribution in [0.3, 0.4) is 0 Å². The Balaban J connectivity index is 1.47. The minimum atomic E-state index is -3.45. The van der Waals surface area contributed by atoms with Crippen LogP contribution >= 0.6 is 0 Å². The molecule has 2 saturated heterocycles. The Hall–Kier alpha value is -2.20. The highest BCUT2D eigenvalue weighted by atomic mass is 32.2. The normalized spacial score (nSPS) is 20.9. The number of hydrogen-bond donors (Lipinski definition) is 1. The zero-order valence-electron chi connectivity index (χ0n) is 17.4. The van der Waals surface area contributed by atoms with E-state index in [2.05, 4.69) is 5.32 Å². The zero-order chi connectivity index (χ0) is 21.1. The van der Waals surface area contributed by atoms with E-state index >= 15 is 0 Å².